The van der Waals surface area contributed by atoms with Crippen molar-refractivity contribution in [3.05, 3.63) is 47.5 Å². The molecule has 0 saturated heterocycles. The monoisotopic (exact) mass is 282 g/mol. The van der Waals surface area contributed by atoms with Gasteiger partial charge in [-0.25, -0.2) is 0 Å². The molecule has 0 aliphatic heterocycles. The smallest absolute Gasteiger partial charge is 0.200 e. The van der Waals surface area contributed by atoms with Crippen LogP contribution in [0, 0.1) is 12.8 Å². The fourth-order valence-electron chi connectivity index (χ4n) is 2.43. The number of anilines is 1. The number of hydrogen-bond acceptors (Lipinski definition) is 5. The minimum absolute atomic E-state index is 0.188. The summed E-state index contributed by atoms with van der Waals surface area (Å²) in [6.07, 6.45) is 0. The molecule has 21 heavy (non-hydrogen) atoms. The highest BCUT2D eigenvalue weighted by atomic mass is 15.6. The molecule has 3 rings (SSSR count). The lowest BCUT2D eigenvalue weighted by molar-refractivity contribution is 0.540. The molecule has 1 unspecified atom stereocenters. The number of nitrogens with one attached hydrogen (secondary N) is 1. The van der Waals surface area contributed by atoms with Crippen LogP contribution in [0.15, 0.2) is 36.4 Å². The summed E-state index contributed by atoms with van der Waals surface area (Å²) in [6, 6.07) is 12.4. The van der Waals surface area contributed by atoms with Crippen LogP contribution in [-0.2, 0) is 0 Å². The van der Waals surface area contributed by atoms with Crippen LogP contribution in [0.5, 0.6) is 0 Å². The molecule has 1 aromatic carbocycles. The second kappa shape index (κ2) is 5.47. The Balaban J connectivity index is 1.93. The Bertz CT molecular complexity index is 749. The normalized spacial score (nSPS) is 12.8. The molecule has 6 heteroatoms. The molecule has 0 saturated carbocycles. The number of tetrazole rings is 1. The SMILES string of the molecule is Cc1ccccc1C(Nc1ccc2nnnn2n1)C(C)C. The van der Waals surface area contributed by atoms with Crippen LogP contribution in [0.4, 0.5) is 5.82 Å². The Labute approximate surface area is 123 Å². The first-order valence-corrected chi connectivity index (χ1v) is 7.02. The van der Waals surface area contributed by atoms with Crippen molar-refractivity contribution < 1.29 is 0 Å². The van der Waals surface area contributed by atoms with Gasteiger partial charge in [0, 0.05) is 0 Å². The molecule has 0 radical (unpaired) electrons. The van der Waals surface area contributed by atoms with Crippen molar-refractivity contribution in [2.24, 2.45) is 5.92 Å². The zero-order chi connectivity index (χ0) is 14.8. The predicted molar refractivity (Wildman–Crippen MR) is 81.0 cm³/mol. The van der Waals surface area contributed by atoms with Gasteiger partial charge in [-0.3, -0.25) is 0 Å². The van der Waals surface area contributed by atoms with Crippen molar-refractivity contribution in [2.75, 3.05) is 5.32 Å². The summed E-state index contributed by atoms with van der Waals surface area (Å²) < 4.78 is 1.43. The lowest BCUT2D eigenvalue weighted by Gasteiger charge is -2.24. The molecule has 6 nitrogen and oxygen atoms in total. The highest BCUT2D eigenvalue weighted by molar-refractivity contribution is 5.45. The van der Waals surface area contributed by atoms with E-state index in [0.717, 1.165) is 5.82 Å². The van der Waals surface area contributed by atoms with E-state index < -0.39 is 0 Å². The Morgan fingerprint density at radius 2 is 1.90 bits per heavy atom. The maximum absolute atomic E-state index is 4.38. The molecule has 0 amide bonds. The maximum atomic E-state index is 4.38. The second-order valence-electron chi connectivity index (χ2n) is 5.47. The molecule has 108 valence electrons. The summed E-state index contributed by atoms with van der Waals surface area (Å²) in [5.41, 5.74) is 3.19. The maximum Gasteiger partial charge on any atom is 0.200 e. The van der Waals surface area contributed by atoms with Crippen molar-refractivity contribution in [2.45, 2.75) is 26.8 Å². The van der Waals surface area contributed by atoms with Crippen molar-refractivity contribution >= 4 is 11.5 Å². The highest BCUT2D eigenvalue weighted by Crippen LogP contribution is 2.27. The first-order chi connectivity index (χ1) is 10.1. The lowest BCUT2D eigenvalue weighted by Crippen LogP contribution is -2.19. The van der Waals surface area contributed by atoms with E-state index in [1.165, 1.54) is 15.8 Å². The van der Waals surface area contributed by atoms with E-state index in [9.17, 15) is 0 Å². The molecule has 0 fully saturated rings. The van der Waals surface area contributed by atoms with E-state index in [4.69, 9.17) is 0 Å². The van der Waals surface area contributed by atoms with Gasteiger partial charge in [0.25, 0.3) is 0 Å². The van der Waals surface area contributed by atoms with Crippen LogP contribution in [-0.4, -0.2) is 25.3 Å². The molecular weight excluding hydrogens is 264 g/mol. The van der Waals surface area contributed by atoms with Crippen molar-refractivity contribution in [1.82, 2.24) is 25.3 Å². The molecule has 1 atom stereocenters. The number of benzene rings is 1. The number of aromatic nitrogens is 5. The minimum atomic E-state index is 0.188. The number of hydrogen-bond donors (Lipinski definition) is 1. The van der Waals surface area contributed by atoms with Gasteiger partial charge in [0.05, 0.1) is 6.04 Å². The molecule has 0 bridgehead atoms. The standard InChI is InChI=1S/C15H18N6/c1-10(2)15(12-7-5-4-6-11(12)3)16-13-8-9-14-17-19-20-21(14)18-13/h4-10,15H,1-3H3,(H,16,18). The quantitative estimate of drug-likeness (QED) is 0.796. The van der Waals surface area contributed by atoms with E-state index in [0.29, 0.717) is 11.6 Å². The first kappa shape index (κ1) is 13.5. The largest absolute Gasteiger partial charge is 0.362 e. The summed E-state index contributed by atoms with van der Waals surface area (Å²) >= 11 is 0. The van der Waals surface area contributed by atoms with Crippen molar-refractivity contribution in [1.29, 1.82) is 0 Å². The molecule has 2 aromatic heterocycles. The van der Waals surface area contributed by atoms with Gasteiger partial charge in [-0.2, -0.15) is 0 Å². The van der Waals surface area contributed by atoms with Crippen LogP contribution in [0.3, 0.4) is 0 Å². The third-order valence-corrected chi connectivity index (χ3v) is 3.56. The number of fused-ring (bicyclic) bond motifs is 1. The van der Waals surface area contributed by atoms with Gasteiger partial charge in [-0.15, -0.1) is 14.8 Å². The molecule has 1 N–H and O–H groups in total. The number of nitrogens with zero attached hydrogens (tertiary/aromatic N) is 5. The third-order valence-electron chi connectivity index (χ3n) is 3.56. The molecule has 3 aromatic rings. The molecule has 2 heterocycles. The van der Waals surface area contributed by atoms with Gasteiger partial charge in [-0.1, -0.05) is 38.1 Å². The van der Waals surface area contributed by atoms with E-state index >= 15 is 0 Å². The summed E-state index contributed by atoms with van der Waals surface area (Å²) in [6.45, 7) is 6.52. The van der Waals surface area contributed by atoms with E-state index in [1.54, 1.807) is 0 Å². The van der Waals surface area contributed by atoms with Gasteiger partial charge in [0.1, 0.15) is 5.82 Å². The fraction of sp³-hybridized carbons (Fsp3) is 0.333. The number of aryl methyl sites for hydroxylation is 1. The Morgan fingerprint density at radius 1 is 1.10 bits per heavy atom. The molecular formula is C15H18N6. The first-order valence-electron chi connectivity index (χ1n) is 7.02. The van der Waals surface area contributed by atoms with Crippen LogP contribution in [0.25, 0.3) is 5.65 Å². The van der Waals surface area contributed by atoms with Crippen LogP contribution >= 0.6 is 0 Å². The Hall–Kier alpha value is -2.50. The van der Waals surface area contributed by atoms with Gasteiger partial charge in [-0.05, 0) is 46.5 Å². The Kier molecular flexibility index (Phi) is 3.51. The summed E-state index contributed by atoms with van der Waals surface area (Å²) in [4.78, 5) is 0. The average molecular weight is 282 g/mol. The van der Waals surface area contributed by atoms with Gasteiger partial charge < -0.3 is 5.32 Å². The van der Waals surface area contributed by atoms with Gasteiger partial charge in [0.15, 0.2) is 5.65 Å². The molecule has 0 aliphatic rings. The number of rotatable bonds is 4. The Morgan fingerprint density at radius 3 is 2.67 bits per heavy atom. The summed E-state index contributed by atoms with van der Waals surface area (Å²) in [5, 5.41) is 19.2. The molecule has 0 spiro atoms. The minimum Gasteiger partial charge on any atom is -0.362 e. The zero-order valence-corrected chi connectivity index (χ0v) is 12.4. The average Bonchev–Trinajstić information content (AvgIpc) is 2.93. The molecule has 0 aliphatic carbocycles. The van der Waals surface area contributed by atoms with Crippen molar-refractivity contribution in [3.63, 3.8) is 0 Å². The van der Waals surface area contributed by atoms with E-state index in [2.05, 4.69) is 71.0 Å². The van der Waals surface area contributed by atoms with E-state index in [-0.39, 0.29) is 6.04 Å². The fourth-order valence-corrected chi connectivity index (χ4v) is 2.43. The van der Waals surface area contributed by atoms with Crippen LogP contribution in [0.1, 0.15) is 31.0 Å². The van der Waals surface area contributed by atoms with Crippen LogP contribution in [0.2, 0.25) is 0 Å². The zero-order valence-electron chi connectivity index (χ0n) is 12.4. The second-order valence-corrected chi connectivity index (χ2v) is 5.47. The van der Waals surface area contributed by atoms with E-state index in [1.807, 2.05) is 12.1 Å². The third kappa shape index (κ3) is 2.69. The topological polar surface area (TPSA) is 68.0 Å². The summed E-state index contributed by atoms with van der Waals surface area (Å²) in [5.74, 6) is 1.19. The van der Waals surface area contributed by atoms with Gasteiger partial charge in [0.2, 0.25) is 0 Å². The summed E-state index contributed by atoms with van der Waals surface area (Å²) in [7, 11) is 0. The van der Waals surface area contributed by atoms with Gasteiger partial charge >= 0.3 is 0 Å². The van der Waals surface area contributed by atoms with Crippen LogP contribution < -0.4 is 5.32 Å². The highest BCUT2D eigenvalue weighted by Gasteiger charge is 2.18. The predicted octanol–water partition coefficient (Wildman–Crippen LogP) is 2.64. The van der Waals surface area contributed by atoms with Crippen molar-refractivity contribution in [3.8, 4) is 0 Å². The lowest BCUT2D eigenvalue weighted by atomic mass is 9.93.